The standard InChI is InChI=1S/C23H31N3O2/c1-17(2)16-26-14-5-6-19(13-15-26)28-20-11-9-18(10-12-20)23(27)25-22-8-4-3-7-21(22)24/h3-4,7-12,17,19H,5-6,13-16,24H2,1-2H3,(H,25,27). The topological polar surface area (TPSA) is 67.6 Å². The smallest absolute Gasteiger partial charge is 0.255 e. The number of amides is 1. The largest absolute Gasteiger partial charge is 0.490 e. The van der Waals surface area contributed by atoms with E-state index in [1.807, 2.05) is 24.3 Å². The second kappa shape index (κ2) is 9.60. The Morgan fingerprint density at radius 3 is 2.61 bits per heavy atom. The fourth-order valence-electron chi connectivity index (χ4n) is 3.62. The third kappa shape index (κ3) is 5.73. The van der Waals surface area contributed by atoms with E-state index in [-0.39, 0.29) is 12.0 Å². The lowest BCUT2D eigenvalue weighted by Gasteiger charge is -2.22. The van der Waals surface area contributed by atoms with Crippen LogP contribution in [-0.2, 0) is 0 Å². The summed E-state index contributed by atoms with van der Waals surface area (Å²) in [6.07, 6.45) is 3.52. The van der Waals surface area contributed by atoms with Crippen LogP contribution in [0.3, 0.4) is 0 Å². The van der Waals surface area contributed by atoms with Crippen LogP contribution in [-0.4, -0.2) is 36.5 Å². The maximum absolute atomic E-state index is 12.4. The molecule has 1 fully saturated rings. The number of rotatable bonds is 6. The van der Waals surface area contributed by atoms with E-state index in [1.165, 1.54) is 0 Å². The molecule has 1 saturated heterocycles. The number of benzene rings is 2. The van der Waals surface area contributed by atoms with Gasteiger partial charge in [-0.15, -0.1) is 0 Å². The number of hydrogen-bond donors (Lipinski definition) is 2. The summed E-state index contributed by atoms with van der Waals surface area (Å²) >= 11 is 0. The molecule has 5 nitrogen and oxygen atoms in total. The molecule has 0 saturated carbocycles. The summed E-state index contributed by atoms with van der Waals surface area (Å²) in [7, 11) is 0. The van der Waals surface area contributed by atoms with Crippen LogP contribution in [0.2, 0.25) is 0 Å². The zero-order chi connectivity index (χ0) is 19.9. The second-order valence-electron chi connectivity index (χ2n) is 7.93. The molecule has 1 aliphatic rings. The first-order valence-corrected chi connectivity index (χ1v) is 10.2. The first-order valence-electron chi connectivity index (χ1n) is 10.2. The van der Waals surface area contributed by atoms with Gasteiger partial charge in [-0.3, -0.25) is 4.79 Å². The third-order valence-electron chi connectivity index (χ3n) is 5.02. The van der Waals surface area contributed by atoms with Gasteiger partial charge in [0.1, 0.15) is 5.75 Å². The van der Waals surface area contributed by atoms with Gasteiger partial charge in [-0.1, -0.05) is 26.0 Å². The number of ether oxygens (including phenoxy) is 1. The molecule has 0 aliphatic carbocycles. The number of hydrogen-bond acceptors (Lipinski definition) is 4. The Morgan fingerprint density at radius 2 is 1.89 bits per heavy atom. The summed E-state index contributed by atoms with van der Waals surface area (Å²) < 4.78 is 6.18. The van der Waals surface area contributed by atoms with Crippen molar-refractivity contribution in [2.24, 2.45) is 5.92 Å². The number of likely N-dealkylation sites (tertiary alicyclic amines) is 1. The van der Waals surface area contributed by atoms with E-state index in [1.54, 1.807) is 24.3 Å². The number of nitrogen functional groups attached to an aromatic ring is 1. The molecule has 1 atom stereocenters. The number of para-hydroxylation sites is 2. The number of nitrogens with one attached hydrogen (secondary N) is 1. The van der Waals surface area contributed by atoms with Crippen LogP contribution in [0.1, 0.15) is 43.5 Å². The molecule has 2 aromatic carbocycles. The Bertz CT molecular complexity index is 774. The molecule has 3 N–H and O–H groups in total. The van der Waals surface area contributed by atoms with Gasteiger partial charge in [0.05, 0.1) is 17.5 Å². The van der Waals surface area contributed by atoms with Gasteiger partial charge in [0, 0.05) is 18.7 Å². The molecule has 0 bridgehead atoms. The molecule has 0 radical (unpaired) electrons. The highest BCUT2D eigenvalue weighted by atomic mass is 16.5. The number of carbonyl (C=O) groups is 1. The summed E-state index contributed by atoms with van der Waals surface area (Å²) in [5, 5.41) is 2.85. The van der Waals surface area contributed by atoms with Gasteiger partial charge in [-0.25, -0.2) is 0 Å². The number of nitrogens with two attached hydrogens (primary N) is 1. The molecule has 0 spiro atoms. The van der Waals surface area contributed by atoms with E-state index >= 15 is 0 Å². The predicted molar refractivity (Wildman–Crippen MR) is 115 cm³/mol. The van der Waals surface area contributed by atoms with E-state index in [0.29, 0.717) is 22.9 Å². The van der Waals surface area contributed by atoms with Crippen LogP contribution in [0.4, 0.5) is 11.4 Å². The summed E-state index contributed by atoms with van der Waals surface area (Å²) in [4.78, 5) is 15.0. The van der Waals surface area contributed by atoms with E-state index in [2.05, 4.69) is 24.1 Å². The highest BCUT2D eigenvalue weighted by Gasteiger charge is 2.19. The van der Waals surface area contributed by atoms with Gasteiger partial charge in [0.25, 0.3) is 5.91 Å². The van der Waals surface area contributed by atoms with Crippen molar-refractivity contribution in [2.75, 3.05) is 30.7 Å². The Kier molecular flexibility index (Phi) is 6.93. The van der Waals surface area contributed by atoms with Gasteiger partial charge in [0.15, 0.2) is 0 Å². The minimum Gasteiger partial charge on any atom is -0.490 e. The van der Waals surface area contributed by atoms with Gasteiger partial charge in [0.2, 0.25) is 0 Å². The van der Waals surface area contributed by atoms with Crippen molar-refractivity contribution in [1.82, 2.24) is 4.90 Å². The van der Waals surface area contributed by atoms with Crippen molar-refractivity contribution in [3.05, 3.63) is 54.1 Å². The summed E-state index contributed by atoms with van der Waals surface area (Å²) in [5.41, 5.74) is 7.64. The minimum atomic E-state index is -0.178. The van der Waals surface area contributed by atoms with E-state index in [4.69, 9.17) is 10.5 Å². The van der Waals surface area contributed by atoms with Crippen molar-refractivity contribution < 1.29 is 9.53 Å². The van der Waals surface area contributed by atoms with E-state index < -0.39 is 0 Å². The fraction of sp³-hybridized carbons (Fsp3) is 0.435. The number of carbonyl (C=O) groups excluding carboxylic acids is 1. The molecule has 1 aliphatic heterocycles. The lowest BCUT2D eigenvalue weighted by atomic mass is 10.1. The van der Waals surface area contributed by atoms with Crippen molar-refractivity contribution in [3.8, 4) is 5.75 Å². The highest BCUT2D eigenvalue weighted by Crippen LogP contribution is 2.22. The second-order valence-corrected chi connectivity index (χ2v) is 7.93. The minimum absolute atomic E-state index is 0.178. The van der Waals surface area contributed by atoms with Crippen LogP contribution < -0.4 is 15.8 Å². The number of nitrogens with zero attached hydrogens (tertiary/aromatic N) is 1. The summed E-state index contributed by atoms with van der Waals surface area (Å²) in [6, 6.07) is 14.6. The first-order chi connectivity index (χ1) is 13.5. The van der Waals surface area contributed by atoms with Crippen molar-refractivity contribution >= 4 is 17.3 Å². The Hall–Kier alpha value is -2.53. The van der Waals surface area contributed by atoms with Crippen LogP contribution in [0, 0.1) is 5.92 Å². The van der Waals surface area contributed by atoms with Crippen molar-refractivity contribution in [3.63, 3.8) is 0 Å². The number of anilines is 2. The monoisotopic (exact) mass is 381 g/mol. The average Bonchev–Trinajstić information content (AvgIpc) is 2.89. The van der Waals surface area contributed by atoms with E-state index in [0.717, 1.165) is 44.6 Å². The molecule has 1 amide bonds. The normalized spacial score (nSPS) is 17.9. The molecule has 1 heterocycles. The van der Waals surface area contributed by atoms with Crippen molar-refractivity contribution in [1.29, 1.82) is 0 Å². The lowest BCUT2D eigenvalue weighted by molar-refractivity contribution is 0.102. The fourth-order valence-corrected chi connectivity index (χ4v) is 3.62. The zero-order valence-corrected chi connectivity index (χ0v) is 16.9. The van der Waals surface area contributed by atoms with Gasteiger partial charge in [-0.2, -0.15) is 0 Å². The van der Waals surface area contributed by atoms with Crippen LogP contribution >= 0.6 is 0 Å². The summed E-state index contributed by atoms with van der Waals surface area (Å²) in [5.74, 6) is 1.34. The van der Waals surface area contributed by atoms with Crippen LogP contribution in [0.25, 0.3) is 0 Å². The molecule has 3 rings (SSSR count). The quantitative estimate of drug-likeness (QED) is 0.727. The Balaban J connectivity index is 1.54. The molecule has 2 aromatic rings. The molecule has 150 valence electrons. The molecule has 5 heteroatoms. The Labute approximate surface area is 167 Å². The van der Waals surface area contributed by atoms with Crippen LogP contribution in [0.5, 0.6) is 5.75 Å². The maximum atomic E-state index is 12.4. The Morgan fingerprint density at radius 1 is 1.14 bits per heavy atom. The molecular weight excluding hydrogens is 350 g/mol. The SMILES string of the molecule is CC(C)CN1CCCC(Oc2ccc(C(=O)Nc3ccccc3N)cc2)CC1. The van der Waals surface area contributed by atoms with Gasteiger partial charge < -0.3 is 20.7 Å². The first kappa shape index (κ1) is 20.2. The third-order valence-corrected chi connectivity index (χ3v) is 5.02. The molecule has 28 heavy (non-hydrogen) atoms. The van der Waals surface area contributed by atoms with E-state index in [9.17, 15) is 4.79 Å². The predicted octanol–water partition coefficient (Wildman–Crippen LogP) is 4.41. The zero-order valence-electron chi connectivity index (χ0n) is 16.9. The molecule has 1 unspecified atom stereocenters. The van der Waals surface area contributed by atoms with Gasteiger partial charge in [-0.05, 0) is 68.1 Å². The average molecular weight is 382 g/mol. The van der Waals surface area contributed by atoms with Gasteiger partial charge >= 0.3 is 0 Å². The van der Waals surface area contributed by atoms with Crippen LogP contribution in [0.15, 0.2) is 48.5 Å². The molecule has 0 aromatic heterocycles. The summed E-state index contributed by atoms with van der Waals surface area (Å²) in [6.45, 7) is 7.93. The lowest BCUT2D eigenvalue weighted by Crippen LogP contribution is -2.29. The van der Waals surface area contributed by atoms with Crippen molar-refractivity contribution in [2.45, 2.75) is 39.2 Å². The highest BCUT2D eigenvalue weighted by molar-refractivity contribution is 6.05. The molecular formula is C23H31N3O2. The maximum Gasteiger partial charge on any atom is 0.255 e.